The molecule has 0 spiro atoms. The van der Waals surface area contributed by atoms with Gasteiger partial charge < -0.3 is 5.43 Å². The average molecular weight is 234 g/mol. The van der Waals surface area contributed by atoms with Crippen molar-refractivity contribution in [1.82, 2.24) is 9.97 Å². The number of hydrogen-bond acceptors (Lipinski definition) is 5. The highest BCUT2D eigenvalue weighted by Crippen LogP contribution is 2.24. The smallest absolute Gasteiger partial charge is 0.171 e. The summed E-state index contributed by atoms with van der Waals surface area (Å²) in [7, 11) is 0. The van der Waals surface area contributed by atoms with Crippen molar-refractivity contribution in [3.05, 3.63) is 29.3 Å². The van der Waals surface area contributed by atoms with Crippen LogP contribution in [0.1, 0.15) is 25.5 Å². The number of nitrogens with two attached hydrogens (primary N) is 1. The van der Waals surface area contributed by atoms with E-state index in [0.29, 0.717) is 11.7 Å². The molecule has 0 atom stereocenters. The molecule has 0 saturated heterocycles. The minimum Gasteiger partial charge on any atom is -0.308 e. The fourth-order valence-corrected chi connectivity index (χ4v) is 2.01. The molecule has 2 heterocycles. The molecule has 0 radical (unpaired) electrons. The molecule has 0 amide bonds. The molecule has 3 N–H and O–H groups in total. The van der Waals surface area contributed by atoms with Crippen LogP contribution in [0.15, 0.2) is 23.6 Å². The standard InChI is InChI=1S/C11H14N4S/c1-7(2)8-6-10(15-12)14-11(13-8)9-4-3-5-16-9/h3-7H,12H2,1-2H3,(H,13,14,15). The van der Waals surface area contributed by atoms with Gasteiger partial charge in [0, 0.05) is 11.8 Å². The lowest BCUT2D eigenvalue weighted by molar-refractivity contribution is 0.817. The Labute approximate surface area is 98.5 Å². The third kappa shape index (κ3) is 2.20. The summed E-state index contributed by atoms with van der Waals surface area (Å²) >= 11 is 1.62. The summed E-state index contributed by atoms with van der Waals surface area (Å²) < 4.78 is 0. The van der Waals surface area contributed by atoms with Gasteiger partial charge in [-0.3, -0.25) is 0 Å². The number of nitrogens with one attached hydrogen (secondary N) is 1. The summed E-state index contributed by atoms with van der Waals surface area (Å²) in [6, 6.07) is 5.87. The summed E-state index contributed by atoms with van der Waals surface area (Å²) in [5, 5.41) is 2.01. The lowest BCUT2D eigenvalue weighted by Crippen LogP contribution is -2.10. The van der Waals surface area contributed by atoms with E-state index in [0.717, 1.165) is 16.4 Å². The molecule has 4 nitrogen and oxygen atoms in total. The predicted octanol–water partition coefficient (Wildman–Crippen LogP) is 2.61. The van der Waals surface area contributed by atoms with Crippen LogP contribution in [0.25, 0.3) is 10.7 Å². The van der Waals surface area contributed by atoms with E-state index in [-0.39, 0.29) is 0 Å². The molecular weight excluding hydrogens is 220 g/mol. The van der Waals surface area contributed by atoms with Crippen LogP contribution in [-0.2, 0) is 0 Å². The molecule has 2 aromatic heterocycles. The SMILES string of the molecule is CC(C)c1cc(NN)nc(-c2cccs2)n1. The van der Waals surface area contributed by atoms with Gasteiger partial charge in [0.15, 0.2) is 5.82 Å². The summed E-state index contributed by atoms with van der Waals surface area (Å²) in [4.78, 5) is 9.92. The maximum atomic E-state index is 5.40. The maximum Gasteiger partial charge on any atom is 0.171 e. The van der Waals surface area contributed by atoms with E-state index in [9.17, 15) is 0 Å². The van der Waals surface area contributed by atoms with E-state index in [1.54, 1.807) is 11.3 Å². The highest BCUT2D eigenvalue weighted by atomic mass is 32.1. The van der Waals surface area contributed by atoms with Crippen molar-refractivity contribution in [3.8, 4) is 10.7 Å². The lowest BCUT2D eigenvalue weighted by Gasteiger charge is -2.08. The van der Waals surface area contributed by atoms with Crippen LogP contribution in [0.3, 0.4) is 0 Å². The van der Waals surface area contributed by atoms with E-state index in [1.807, 2.05) is 23.6 Å². The third-order valence-electron chi connectivity index (χ3n) is 2.23. The van der Waals surface area contributed by atoms with Crippen LogP contribution in [0.4, 0.5) is 5.82 Å². The zero-order valence-corrected chi connectivity index (χ0v) is 10.1. The molecule has 0 aliphatic rings. The maximum absolute atomic E-state index is 5.40. The van der Waals surface area contributed by atoms with Gasteiger partial charge in [0.25, 0.3) is 0 Å². The molecule has 2 rings (SSSR count). The van der Waals surface area contributed by atoms with Crippen LogP contribution in [0.5, 0.6) is 0 Å². The van der Waals surface area contributed by atoms with Crippen molar-refractivity contribution in [2.24, 2.45) is 5.84 Å². The topological polar surface area (TPSA) is 63.8 Å². The summed E-state index contributed by atoms with van der Waals surface area (Å²) in [6.07, 6.45) is 0. The summed E-state index contributed by atoms with van der Waals surface area (Å²) in [5.74, 6) is 7.15. The number of nitrogens with zero attached hydrogens (tertiary/aromatic N) is 2. The molecule has 2 aromatic rings. The Morgan fingerprint density at radius 3 is 2.75 bits per heavy atom. The van der Waals surface area contributed by atoms with Crippen molar-refractivity contribution in [2.45, 2.75) is 19.8 Å². The number of thiophene rings is 1. The minimum atomic E-state index is 0.355. The second-order valence-electron chi connectivity index (χ2n) is 3.78. The first-order valence-electron chi connectivity index (χ1n) is 5.10. The summed E-state index contributed by atoms with van der Waals surface area (Å²) in [6.45, 7) is 4.20. The molecular formula is C11H14N4S. The van der Waals surface area contributed by atoms with Crippen LogP contribution in [0, 0.1) is 0 Å². The van der Waals surface area contributed by atoms with Gasteiger partial charge in [0.05, 0.1) is 4.88 Å². The van der Waals surface area contributed by atoms with Gasteiger partial charge in [-0.25, -0.2) is 15.8 Å². The second-order valence-corrected chi connectivity index (χ2v) is 4.73. The van der Waals surface area contributed by atoms with Crippen LogP contribution in [0.2, 0.25) is 0 Å². The fraction of sp³-hybridized carbons (Fsp3) is 0.273. The first kappa shape index (κ1) is 11.0. The minimum absolute atomic E-state index is 0.355. The summed E-state index contributed by atoms with van der Waals surface area (Å²) in [5.41, 5.74) is 3.57. The van der Waals surface area contributed by atoms with Gasteiger partial charge in [-0.1, -0.05) is 19.9 Å². The molecule has 0 saturated carbocycles. The zero-order chi connectivity index (χ0) is 11.5. The Morgan fingerprint density at radius 2 is 2.19 bits per heavy atom. The van der Waals surface area contributed by atoms with E-state index in [4.69, 9.17) is 5.84 Å². The van der Waals surface area contributed by atoms with Crippen molar-refractivity contribution in [1.29, 1.82) is 0 Å². The number of anilines is 1. The van der Waals surface area contributed by atoms with Gasteiger partial charge in [-0.2, -0.15) is 0 Å². The Kier molecular flexibility index (Phi) is 3.17. The van der Waals surface area contributed by atoms with Crippen LogP contribution < -0.4 is 11.3 Å². The molecule has 84 valence electrons. The van der Waals surface area contributed by atoms with E-state index < -0.39 is 0 Å². The Balaban J connectivity index is 2.49. The third-order valence-corrected chi connectivity index (χ3v) is 3.09. The molecule has 0 aromatic carbocycles. The van der Waals surface area contributed by atoms with Gasteiger partial charge in [0.2, 0.25) is 0 Å². The van der Waals surface area contributed by atoms with Gasteiger partial charge in [-0.05, 0) is 17.4 Å². The predicted molar refractivity (Wildman–Crippen MR) is 67.2 cm³/mol. The molecule has 0 fully saturated rings. The first-order valence-corrected chi connectivity index (χ1v) is 5.98. The molecule has 0 bridgehead atoms. The fourth-order valence-electron chi connectivity index (χ4n) is 1.35. The van der Waals surface area contributed by atoms with Crippen LogP contribution in [-0.4, -0.2) is 9.97 Å². The number of aromatic nitrogens is 2. The van der Waals surface area contributed by atoms with Crippen molar-refractivity contribution in [3.63, 3.8) is 0 Å². The number of rotatable bonds is 3. The quantitative estimate of drug-likeness (QED) is 0.633. The zero-order valence-electron chi connectivity index (χ0n) is 9.27. The van der Waals surface area contributed by atoms with Gasteiger partial charge in [-0.15, -0.1) is 11.3 Å². The second kappa shape index (κ2) is 4.59. The number of nitrogen functional groups attached to an aromatic ring is 1. The van der Waals surface area contributed by atoms with E-state index >= 15 is 0 Å². The lowest BCUT2D eigenvalue weighted by atomic mass is 10.1. The van der Waals surface area contributed by atoms with Crippen LogP contribution >= 0.6 is 11.3 Å². The molecule has 0 aliphatic carbocycles. The Hall–Kier alpha value is -1.46. The van der Waals surface area contributed by atoms with Crippen molar-refractivity contribution < 1.29 is 0 Å². The Bertz CT molecular complexity index is 465. The monoisotopic (exact) mass is 234 g/mol. The normalized spacial score (nSPS) is 10.8. The van der Waals surface area contributed by atoms with E-state index in [1.165, 1.54) is 0 Å². The highest BCUT2D eigenvalue weighted by Gasteiger charge is 2.09. The number of hydrazine groups is 1. The first-order chi connectivity index (χ1) is 7.70. The number of hydrogen-bond donors (Lipinski definition) is 2. The molecule has 16 heavy (non-hydrogen) atoms. The molecule has 5 heteroatoms. The average Bonchev–Trinajstić information content (AvgIpc) is 2.81. The van der Waals surface area contributed by atoms with Gasteiger partial charge >= 0.3 is 0 Å². The van der Waals surface area contributed by atoms with Gasteiger partial charge in [0.1, 0.15) is 5.82 Å². The largest absolute Gasteiger partial charge is 0.308 e. The Morgan fingerprint density at radius 1 is 1.38 bits per heavy atom. The van der Waals surface area contributed by atoms with E-state index in [2.05, 4.69) is 29.2 Å². The molecule has 0 aliphatic heterocycles. The molecule has 0 unspecified atom stereocenters. The highest BCUT2D eigenvalue weighted by molar-refractivity contribution is 7.13. The van der Waals surface area contributed by atoms with Crippen molar-refractivity contribution >= 4 is 17.2 Å². The van der Waals surface area contributed by atoms with Crippen molar-refractivity contribution in [2.75, 3.05) is 5.43 Å².